The Hall–Kier alpha value is -1.88. The Morgan fingerprint density at radius 1 is 1.32 bits per heavy atom. The van der Waals surface area contributed by atoms with Crippen LogP contribution in [0.25, 0.3) is 0 Å². The van der Waals surface area contributed by atoms with Crippen LogP contribution in [0.1, 0.15) is 17.0 Å². The second-order valence-corrected chi connectivity index (χ2v) is 4.90. The minimum atomic E-state index is 0.614. The third-order valence-electron chi connectivity index (χ3n) is 2.85. The second kappa shape index (κ2) is 5.84. The summed E-state index contributed by atoms with van der Waals surface area (Å²) in [6, 6.07) is 10.3. The van der Waals surface area contributed by atoms with Crippen LogP contribution in [0.2, 0.25) is 0 Å². The van der Waals surface area contributed by atoms with Crippen LogP contribution < -0.4 is 10.6 Å². The fourth-order valence-corrected chi connectivity index (χ4v) is 2.07. The average Bonchev–Trinajstić information content (AvgIpc) is 2.68. The van der Waals surface area contributed by atoms with Gasteiger partial charge in [-0.3, -0.25) is 4.68 Å². The summed E-state index contributed by atoms with van der Waals surface area (Å²) in [5, 5.41) is 11.1. The van der Waals surface area contributed by atoms with Crippen molar-refractivity contribution in [1.82, 2.24) is 15.1 Å². The summed E-state index contributed by atoms with van der Waals surface area (Å²) in [6.07, 6.45) is 0. The highest BCUT2D eigenvalue weighted by molar-refractivity contribution is 7.80. The van der Waals surface area contributed by atoms with Crippen LogP contribution in [0.5, 0.6) is 0 Å². The molecular formula is C14H18N4S. The van der Waals surface area contributed by atoms with Gasteiger partial charge in [0.2, 0.25) is 0 Å². The average molecular weight is 274 g/mol. The Labute approximate surface area is 118 Å². The number of rotatable bonds is 3. The minimum absolute atomic E-state index is 0.614. The van der Waals surface area contributed by atoms with Crippen LogP contribution in [0.15, 0.2) is 30.3 Å². The van der Waals surface area contributed by atoms with E-state index >= 15 is 0 Å². The van der Waals surface area contributed by atoms with Gasteiger partial charge in [-0.15, -0.1) is 0 Å². The number of aromatic nitrogens is 2. The van der Waals surface area contributed by atoms with E-state index < -0.39 is 0 Å². The molecule has 0 aliphatic carbocycles. The van der Waals surface area contributed by atoms with Gasteiger partial charge >= 0.3 is 0 Å². The smallest absolute Gasteiger partial charge is 0.170 e. The third kappa shape index (κ3) is 3.54. The van der Waals surface area contributed by atoms with E-state index in [-0.39, 0.29) is 0 Å². The maximum Gasteiger partial charge on any atom is 0.170 e. The summed E-state index contributed by atoms with van der Waals surface area (Å²) < 4.78 is 2.00. The molecule has 100 valence electrons. The molecule has 1 heterocycles. The van der Waals surface area contributed by atoms with Crippen molar-refractivity contribution in [3.05, 3.63) is 47.3 Å². The standard InChI is InChI=1S/C14H18N4S/c1-10-7-11(2)18(17-10)9-12-5-4-6-13(8-12)16-14(19)15-3/h4-8H,9H2,1-3H3,(H2,15,16,19). The van der Waals surface area contributed by atoms with Crippen LogP contribution in [0.4, 0.5) is 5.69 Å². The summed E-state index contributed by atoms with van der Waals surface area (Å²) in [4.78, 5) is 0. The Bertz CT molecular complexity index is 589. The Balaban J connectivity index is 2.15. The highest BCUT2D eigenvalue weighted by atomic mass is 32.1. The van der Waals surface area contributed by atoms with Crippen LogP contribution in [0.3, 0.4) is 0 Å². The quantitative estimate of drug-likeness (QED) is 0.844. The van der Waals surface area contributed by atoms with Gasteiger partial charge in [0, 0.05) is 18.4 Å². The molecule has 4 nitrogen and oxygen atoms in total. The highest BCUT2D eigenvalue weighted by Crippen LogP contribution is 2.13. The molecule has 0 spiro atoms. The van der Waals surface area contributed by atoms with Gasteiger partial charge < -0.3 is 10.6 Å². The molecule has 0 radical (unpaired) electrons. The topological polar surface area (TPSA) is 41.9 Å². The minimum Gasteiger partial charge on any atom is -0.366 e. The first-order chi connectivity index (χ1) is 9.08. The highest BCUT2D eigenvalue weighted by Gasteiger charge is 2.03. The summed E-state index contributed by atoms with van der Waals surface area (Å²) in [7, 11) is 1.80. The van der Waals surface area contributed by atoms with E-state index in [0.717, 1.165) is 17.9 Å². The number of anilines is 1. The molecule has 0 amide bonds. The van der Waals surface area contributed by atoms with Crippen molar-refractivity contribution < 1.29 is 0 Å². The molecule has 0 bridgehead atoms. The molecule has 2 aromatic rings. The van der Waals surface area contributed by atoms with Gasteiger partial charge in [0.05, 0.1) is 12.2 Å². The zero-order chi connectivity index (χ0) is 13.8. The Kier molecular flexibility index (Phi) is 4.16. The largest absolute Gasteiger partial charge is 0.366 e. The van der Waals surface area contributed by atoms with Crippen molar-refractivity contribution >= 4 is 23.0 Å². The molecule has 0 saturated heterocycles. The Morgan fingerprint density at radius 2 is 2.11 bits per heavy atom. The number of nitrogens with zero attached hydrogens (tertiary/aromatic N) is 2. The fraction of sp³-hybridized carbons (Fsp3) is 0.286. The first kappa shape index (κ1) is 13.5. The molecule has 0 aliphatic heterocycles. The molecule has 2 N–H and O–H groups in total. The van der Waals surface area contributed by atoms with Gasteiger partial charge in [-0.1, -0.05) is 12.1 Å². The van der Waals surface area contributed by atoms with E-state index in [4.69, 9.17) is 12.2 Å². The second-order valence-electron chi connectivity index (χ2n) is 4.49. The summed E-state index contributed by atoms with van der Waals surface area (Å²) in [6.45, 7) is 4.84. The molecule has 0 saturated carbocycles. The summed E-state index contributed by atoms with van der Waals surface area (Å²) >= 11 is 5.09. The van der Waals surface area contributed by atoms with Crippen molar-refractivity contribution in [2.24, 2.45) is 0 Å². The van der Waals surface area contributed by atoms with E-state index in [1.165, 1.54) is 11.3 Å². The van der Waals surface area contributed by atoms with Crippen LogP contribution >= 0.6 is 12.2 Å². The number of benzene rings is 1. The number of nitrogens with one attached hydrogen (secondary N) is 2. The number of hydrogen-bond donors (Lipinski definition) is 2. The molecule has 1 aromatic heterocycles. The first-order valence-corrected chi connectivity index (χ1v) is 6.58. The number of hydrogen-bond acceptors (Lipinski definition) is 2. The molecule has 0 aliphatic rings. The zero-order valence-corrected chi connectivity index (χ0v) is 12.2. The summed E-state index contributed by atoms with van der Waals surface area (Å²) in [5.41, 5.74) is 4.39. The fourth-order valence-electron chi connectivity index (χ4n) is 1.95. The third-order valence-corrected chi connectivity index (χ3v) is 3.15. The SMILES string of the molecule is CNC(=S)Nc1cccc(Cn2nc(C)cc2C)c1. The van der Waals surface area contributed by atoms with E-state index in [9.17, 15) is 0 Å². The van der Waals surface area contributed by atoms with Crippen LogP contribution in [-0.4, -0.2) is 21.9 Å². The van der Waals surface area contributed by atoms with E-state index in [0.29, 0.717) is 5.11 Å². The zero-order valence-electron chi connectivity index (χ0n) is 11.4. The van der Waals surface area contributed by atoms with Crippen LogP contribution in [-0.2, 0) is 6.54 Å². The van der Waals surface area contributed by atoms with Crippen molar-refractivity contribution in [2.75, 3.05) is 12.4 Å². The lowest BCUT2D eigenvalue weighted by molar-refractivity contribution is 0.659. The molecule has 0 atom stereocenters. The maximum atomic E-state index is 5.09. The lowest BCUT2D eigenvalue weighted by atomic mass is 10.2. The molecular weight excluding hydrogens is 256 g/mol. The van der Waals surface area contributed by atoms with Gasteiger partial charge in [-0.05, 0) is 49.8 Å². The van der Waals surface area contributed by atoms with E-state index in [2.05, 4.69) is 40.9 Å². The van der Waals surface area contributed by atoms with Crippen molar-refractivity contribution in [3.8, 4) is 0 Å². The predicted octanol–water partition coefficient (Wildman–Crippen LogP) is 2.46. The molecule has 2 rings (SSSR count). The van der Waals surface area contributed by atoms with Gasteiger partial charge in [-0.2, -0.15) is 5.10 Å². The molecule has 0 fully saturated rings. The van der Waals surface area contributed by atoms with Gasteiger partial charge in [0.15, 0.2) is 5.11 Å². The van der Waals surface area contributed by atoms with Crippen LogP contribution in [0, 0.1) is 13.8 Å². The lowest BCUT2D eigenvalue weighted by Gasteiger charge is -2.09. The van der Waals surface area contributed by atoms with Crippen molar-refractivity contribution in [1.29, 1.82) is 0 Å². The molecule has 19 heavy (non-hydrogen) atoms. The van der Waals surface area contributed by atoms with Crippen molar-refractivity contribution in [2.45, 2.75) is 20.4 Å². The monoisotopic (exact) mass is 274 g/mol. The summed E-state index contributed by atoms with van der Waals surface area (Å²) in [5.74, 6) is 0. The van der Waals surface area contributed by atoms with Gasteiger partial charge in [-0.25, -0.2) is 0 Å². The normalized spacial score (nSPS) is 10.3. The predicted molar refractivity (Wildman–Crippen MR) is 82.5 cm³/mol. The lowest BCUT2D eigenvalue weighted by Crippen LogP contribution is -2.24. The van der Waals surface area contributed by atoms with Gasteiger partial charge in [0.1, 0.15) is 0 Å². The van der Waals surface area contributed by atoms with E-state index in [1.807, 2.05) is 23.7 Å². The molecule has 1 aromatic carbocycles. The maximum absolute atomic E-state index is 5.09. The Morgan fingerprint density at radius 3 is 2.74 bits per heavy atom. The van der Waals surface area contributed by atoms with Gasteiger partial charge in [0.25, 0.3) is 0 Å². The van der Waals surface area contributed by atoms with E-state index in [1.54, 1.807) is 7.05 Å². The molecule has 0 unspecified atom stereocenters. The number of aryl methyl sites for hydroxylation is 2. The van der Waals surface area contributed by atoms with Crippen molar-refractivity contribution in [3.63, 3.8) is 0 Å². The first-order valence-electron chi connectivity index (χ1n) is 6.17. The number of thiocarbonyl (C=S) groups is 1. The molecule has 5 heteroatoms.